The Labute approximate surface area is 109 Å². The van der Waals surface area contributed by atoms with E-state index in [2.05, 4.69) is 12.2 Å². The van der Waals surface area contributed by atoms with Gasteiger partial charge in [-0.2, -0.15) is 0 Å². The lowest BCUT2D eigenvalue weighted by atomic mass is 9.94. The molecule has 1 heterocycles. The number of nitrogens with one attached hydrogen (secondary N) is 1. The molecule has 0 saturated carbocycles. The Bertz CT molecular complexity index is 363. The molecule has 100 valence electrons. The molecule has 1 aliphatic rings. The van der Waals surface area contributed by atoms with E-state index in [0.717, 1.165) is 44.6 Å². The zero-order valence-electron chi connectivity index (χ0n) is 11.0. The highest BCUT2D eigenvalue weighted by molar-refractivity contribution is 5.20. The van der Waals surface area contributed by atoms with Crippen molar-refractivity contribution in [3.8, 4) is 0 Å². The van der Waals surface area contributed by atoms with Crippen LogP contribution in [0.2, 0.25) is 0 Å². The minimum atomic E-state index is -0.154. The van der Waals surface area contributed by atoms with Crippen LogP contribution in [0.3, 0.4) is 0 Å². The van der Waals surface area contributed by atoms with Crippen LogP contribution in [-0.2, 0) is 4.74 Å². The summed E-state index contributed by atoms with van der Waals surface area (Å²) in [6, 6.07) is 7.18. The Hall–Kier alpha value is -0.930. The lowest BCUT2D eigenvalue weighted by molar-refractivity contribution is 0.181. The molecule has 2 rings (SSSR count). The zero-order chi connectivity index (χ0) is 12.8. The molecule has 0 aliphatic carbocycles. The summed E-state index contributed by atoms with van der Waals surface area (Å²) in [5.74, 6) is 0.445. The van der Waals surface area contributed by atoms with Gasteiger partial charge < -0.3 is 10.1 Å². The number of hydrogen-bond acceptors (Lipinski definition) is 2. The smallest absolute Gasteiger partial charge is 0.123 e. The van der Waals surface area contributed by atoms with E-state index in [9.17, 15) is 4.39 Å². The van der Waals surface area contributed by atoms with Crippen LogP contribution in [0.5, 0.6) is 0 Å². The summed E-state index contributed by atoms with van der Waals surface area (Å²) >= 11 is 0. The highest BCUT2D eigenvalue weighted by Gasteiger charge is 2.21. The van der Waals surface area contributed by atoms with Crippen LogP contribution in [0.15, 0.2) is 24.3 Å². The third kappa shape index (κ3) is 3.79. The van der Waals surface area contributed by atoms with Gasteiger partial charge in [0.1, 0.15) is 5.82 Å². The van der Waals surface area contributed by atoms with Gasteiger partial charge in [-0.3, -0.25) is 0 Å². The molecule has 1 aromatic carbocycles. The second-order valence-corrected chi connectivity index (χ2v) is 5.03. The first-order valence-corrected chi connectivity index (χ1v) is 6.86. The normalized spacial score (nSPS) is 21.1. The van der Waals surface area contributed by atoms with Crippen LogP contribution in [0, 0.1) is 11.7 Å². The maximum Gasteiger partial charge on any atom is 0.123 e. The molecule has 0 radical (unpaired) electrons. The van der Waals surface area contributed by atoms with Gasteiger partial charge in [0, 0.05) is 19.3 Å². The van der Waals surface area contributed by atoms with E-state index in [0.29, 0.717) is 5.92 Å². The van der Waals surface area contributed by atoms with E-state index in [1.54, 1.807) is 12.1 Å². The van der Waals surface area contributed by atoms with Crippen molar-refractivity contribution in [2.24, 2.45) is 5.92 Å². The molecule has 0 amide bonds. The van der Waals surface area contributed by atoms with Crippen LogP contribution in [0.1, 0.15) is 37.8 Å². The molecule has 18 heavy (non-hydrogen) atoms. The molecule has 0 spiro atoms. The highest BCUT2D eigenvalue weighted by atomic mass is 19.1. The van der Waals surface area contributed by atoms with Crippen LogP contribution in [-0.4, -0.2) is 19.8 Å². The second-order valence-electron chi connectivity index (χ2n) is 5.03. The van der Waals surface area contributed by atoms with Gasteiger partial charge in [-0.05, 0) is 49.4 Å². The number of rotatable bonds is 6. The zero-order valence-corrected chi connectivity index (χ0v) is 11.0. The average molecular weight is 251 g/mol. The minimum Gasteiger partial charge on any atom is -0.381 e. The Morgan fingerprint density at radius 3 is 3.06 bits per heavy atom. The first-order valence-electron chi connectivity index (χ1n) is 6.86. The monoisotopic (exact) mass is 251 g/mol. The Balaban J connectivity index is 2.03. The van der Waals surface area contributed by atoms with E-state index < -0.39 is 0 Å². The third-order valence-corrected chi connectivity index (χ3v) is 3.48. The van der Waals surface area contributed by atoms with E-state index in [1.165, 1.54) is 6.07 Å². The van der Waals surface area contributed by atoms with Crippen LogP contribution in [0.25, 0.3) is 0 Å². The molecular formula is C15H22FNO. The minimum absolute atomic E-state index is 0.154. The molecule has 1 saturated heterocycles. The van der Waals surface area contributed by atoms with Crippen molar-refractivity contribution >= 4 is 0 Å². The number of halogens is 1. The van der Waals surface area contributed by atoms with Crippen LogP contribution < -0.4 is 5.32 Å². The SMILES string of the molecule is CCCNC(CC1CCOC1)c1cccc(F)c1. The fraction of sp³-hybridized carbons (Fsp3) is 0.600. The van der Waals surface area contributed by atoms with Crippen molar-refractivity contribution in [2.75, 3.05) is 19.8 Å². The molecule has 1 aromatic rings. The van der Waals surface area contributed by atoms with E-state index >= 15 is 0 Å². The average Bonchev–Trinajstić information content (AvgIpc) is 2.87. The van der Waals surface area contributed by atoms with E-state index in [1.807, 2.05) is 6.07 Å². The summed E-state index contributed by atoms with van der Waals surface area (Å²) in [5, 5.41) is 3.52. The topological polar surface area (TPSA) is 21.3 Å². The fourth-order valence-electron chi connectivity index (χ4n) is 2.48. The van der Waals surface area contributed by atoms with Crippen molar-refractivity contribution in [2.45, 2.75) is 32.2 Å². The summed E-state index contributed by atoms with van der Waals surface area (Å²) in [5.41, 5.74) is 1.05. The molecule has 2 nitrogen and oxygen atoms in total. The van der Waals surface area contributed by atoms with Gasteiger partial charge in [-0.15, -0.1) is 0 Å². The summed E-state index contributed by atoms with van der Waals surface area (Å²) in [6.45, 7) is 4.83. The van der Waals surface area contributed by atoms with Crippen molar-refractivity contribution in [3.05, 3.63) is 35.6 Å². The molecule has 1 aliphatic heterocycles. The molecular weight excluding hydrogens is 229 g/mol. The Morgan fingerprint density at radius 1 is 1.50 bits per heavy atom. The van der Waals surface area contributed by atoms with Gasteiger partial charge in [0.05, 0.1) is 0 Å². The molecule has 2 atom stereocenters. The van der Waals surface area contributed by atoms with Gasteiger partial charge in [0.25, 0.3) is 0 Å². The quantitative estimate of drug-likeness (QED) is 0.837. The standard InChI is InChI=1S/C15H22FNO/c1-2-7-17-15(9-12-6-8-18-11-12)13-4-3-5-14(16)10-13/h3-5,10,12,15,17H,2,6-9,11H2,1H3. The molecule has 0 aromatic heterocycles. The number of benzene rings is 1. The largest absolute Gasteiger partial charge is 0.381 e. The Morgan fingerprint density at radius 2 is 2.39 bits per heavy atom. The molecule has 1 fully saturated rings. The summed E-state index contributed by atoms with van der Waals surface area (Å²) in [7, 11) is 0. The van der Waals surface area contributed by atoms with Crippen molar-refractivity contribution < 1.29 is 9.13 Å². The van der Waals surface area contributed by atoms with Crippen LogP contribution >= 0.6 is 0 Å². The first-order chi connectivity index (χ1) is 8.79. The fourth-order valence-corrected chi connectivity index (χ4v) is 2.48. The molecule has 1 N–H and O–H groups in total. The van der Waals surface area contributed by atoms with E-state index in [4.69, 9.17) is 4.74 Å². The predicted octanol–water partition coefficient (Wildman–Crippen LogP) is 3.29. The lowest BCUT2D eigenvalue weighted by Crippen LogP contribution is -2.24. The van der Waals surface area contributed by atoms with Gasteiger partial charge >= 0.3 is 0 Å². The van der Waals surface area contributed by atoms with Crippen molar-refractivity contribution in [3.63, 3.8) is 0 Å². The second kappa shape index (κ2) is 6.86. The van der Waals surface area contributed by atoms with Crippen molar-refractivity contribution in [1.29, 1.82) is 0 Å². The number of ether oxygens (including phenoxy) is 1. The van der Waals surface area contributed by atoms with Gasteiger partial charge in [-0.1, -0.05) is 19.1 Å². The third-order valence-electron chi connectivity index (χ3n) is 3.48. The summed E-state index contributed by atoms with van der Waals surface area (Å²) < 4.78 is 18.7. The highest BCUT2D eigenvalue weighted by Crippen LogP contribution is 2.26. The van der Waals surface area contributed by atoms with Gasteiger partial charge in [0.15, 0.2) is 0 Å². The van der Waals surface area contributed by atoms with E-state index in [-0.39, 0.29) is 11.9 Å². The van der Waals surface area contributed by atoms with Gasteiger partial charge in [0.2, 0.25) is 0 Å². The molecule has 3 heteroatoms. The molecule has 0 bridgehead atoms. The van der Waals surface area contributed by atoms with Gasteiger partial charge in [-0.25, -0.2) is 4.39 Å². The van der Waals surface area contributed by atoms with Crippen molar-refractivity contribution in [1.82, 2.24) is 5.32 Å². The first kappa shape index (κ1) is 13.5. The summed E-state index contributed by atoms with van der Waals surface area (Å²) in [4.78, 5) is 0. The molecule has 2 unspecified atom stereocenters. The number of hydrogen-bond donors (Lipinski definition) is 1. The van der Waals surface area contributed by atoms with Crippen LogP contribution in [0.4, 0.5) is 4.39 Å². The lowest BCUT2D eigenvalue weighted by Gasteiger charge is -2.21. The maximum absolute atomic E-state index is 13.3. The summed E-state index contributed by atoms with van der Waals surface area (Å²) in [6.07, 6.45) is 3.25. The predicted molar refractivity (Wildman–Crippen MR) is 71.0 cm³/mol. The maximum atomic E-state index is 13.3. The Kier molecular flexibility index (Phi) is 5.14.